The lowest BCUT2D eigenvalue weighted by molar-refractivity contribution is -0.137. The van der Waals surface area contributed by atoms with Crippen molar-refractivity contribution >= 4 is 23.1 Å². The van der Waals surface area contributed by atoms with Crippen molar-refractivity contribution in [1.29, 1.82) is 0 Å². The third-order valence-electron chi connectivity index (χ3n) is 4.31. The van der Waals surface area contributed by atoms with E-state index in [-0.39, 0.29) is 11.8 Å². The number of benzene rings is 2. The van der Waals surface area contributed by atoms with E-state index in [1.807, 2.05) is 26.0 Å². The number of anilines is 4. The highest BCUT2D eigenvalue weighted by atomic mass is 19.4. The fourth-order valence-corrected chi connectivity index (χ4v) is 2.93. The average molecular weight is 416 g/mol. The molecule has 0 saturated carbocycles. The van der Waals surface area contributed by atoms with Gasteiger partial charge in [-0.25, -0.2) is 4.98 Å². The molecule has 158 valence electrons. The summed E-state index contributed by atoms with van der Waals surface area (Å²) < 4.78 is 45.9. The molecule has 0 aliphatic rings. The maximum absolute atomic E-state index is 13.5. The number of nitrogens with zero attached hydrogens (tertiary/aromatic N) is 2. The third kappa shape index (κ3) is 5.40. The van der Waals surface area contributed by atoms with Crippen LogP contribution in [0.25, 0.3) is 0 Å². The summed E-state index contributed by atoms with van der Waals surface area (Å²) in [5.74, 6) is 0.461. The van der Waals surface area contributed by atoms with Gasteiger partial charge in [-0.2, -0.15) is 18.2 Å². The summed E-state index contributed by atoms with van der Waals surface area (Å²) in [5.41, 5.74) is 1.23. The normalized spacial score (nSPS) is 11.2. The molecule has 0 radical (unpaired) electrons. The van der Waals surface area contributed by atoms with Gasteiger partial charge in [-0.15, -0.1) is 0 Å². The molecule has 1 heterocycles. The first kappa shape index (κ1) is 21.4. The van der Waals surface area contributed by atoms with E-state index in [4.69, 9.17) is 4.74 Å². The maximum atomic E-state index is 13.5. The summed E-state index contributed by atoms with van der Waals surface area (Å²) in [6.45, 7) is 4.44. The van der Waals surface area contributed by atoms with E-state index < -0.39 is 11.7 Å². The van der Waals surface area contributed by atoms with Crippen molar-refractivity contribution in [1.82, 2.24) is 9.97 Å². The third-order valence-corrected chi connectivity index (χ3v) is 4.31. The van der Waals surface area contributed by atoms with Crippen molar-refractivity contribution in [3.63, 3.8) is 0 Å². The summed E-state index contributed by atoms with van der Waals surface area (Å²) in [6, 6.07) is 14.3. The largest absolute Gasteiger partial charge is 0.494 e. The summed E-state index contributed by atoms with van der Waals surface area (Å²) in [6.07, 6.45) is -2.18. The molecule has 0 atom stereocenters. The summed E-state index contributed by atoms with van der Waals surface area (Å²) >= 11 is 0. The van der Waals surface area contributed by atoms with Crippen LogP contribution >= 0.6 is 0 Å². The highest BCUT2D eigenvalue weighted by Gasteiger charge is 2.35. The Kier molecular flexibility index (Phi) is 6.76. The molecule has 3 aromatic rings. The molecule has 0 fully saturated rings. The zero-order valence-corrected chi connectivity index (χ0v) is 16.8. The molecule has 0 unspecified atom stereocenters. The van der Waals surface area contributed by atoms with Crippen LogP contribution in [0.2, 0.25) is 0 Å². The Morgan fingerprint density at radius 3 is 2.37 bits per heavy atom. The van der Waals surface area contributed by atoms with E-state index in [1.54, 1.807) is 36.4 Å². The summed E-state index contributed by atoms with van der Waals surface area (Å²) in [7, 11) is 0. The SMILES string of the molecule is CCCc1ccccc1Nc1nc(Nc2ccc(OCC)cc2)ncc1C(F)(F)F. The first-order chi connectivity index (χ1) is 14.4. The molecular formula is C22H23F3N4O. The van der Waals surface area contributed by atoms with E-state index in [1.165, 1.54) is 0 Å². The van der Waals surface area contributed by atoms with E-state index in [9.17, 15) is 13.2 Å². The number of hydrogen-bond donors (Lipinski definition) is 2. The average Bonchev–Trinajstić information content (AvgIpc) is 2.71. The highest BCUT2D eigenvalue weighted by Crippen LogP contribution is 2.36. The predicted molar refractivity (Wildman–Crippen MR) is 112 cm³/mol. The summed E-state index contributed by atoms with van der Waals surface area (Å²) in [4.78, 5) is 7.95. The second-order valence-electron chi connectivity index (χ2n) is 6.57. The standard InChI is InChI=1S/C22H23F3N4O/c1-3-7-15-8-5-6-9-19(15)28-20-18(22(23,24)25)14-26-21(29-20)27-16-10-12-17(13-11-16)30-4-2/h5-6,8-14H,3-4,7H2,1-2H3,(H2,26,27,28,29). The molecule has 5 nitrogen and oxygen atoms in total. The van der Waals surface area contributed by atoms with Crippen molar-refractivity contribution in [2.45, 2.75) is 32.9 Å². The van der Waals surface area contributed by atoms with Crippen molar-refractivity contribution in [2.24, 2.45) is 0 Å². The second kappa shape index (κ2) is 9.47. The van der Waals surface area contributed by atoms with Crippen LogP contribution in [0, 0.1) is 0 Å². The second-order valence-corrected chi connectivity index (χ2v) is 6.57. The first-order valence-corrected chi connectivity index (χ1v) is 9.69. The minimum absolute atomic E-state index is 0.0580. The molecule has 2 N–H and O–H groups in total. The number of rotatable bonds is 8. The van der Waals surface area contributed by atoms with Crippen LogP contribution in [-0.4, -0.2) is 16.6 Å². The topological polar surface area (TPSA) is 59.1 Å². The van der Waals surface area contributed by atoms with Crippen molar-refractivity contribution in [3.05, 3.63) is 65.9 Å². The number of hydrogen-bond acceptors (Lipinski definition) is 5. The van der Waals surface area contributed by atoms with E-state index in [0.717, 1.165) is 24.6 Å². The van der Waals surface area contributed by atoms with Crippen LogP contribution in [0.3, 0.4) is 0 Å². The van der Waals surface area contributed by atoms with Crippen LogP contribution < -0.4 is 15.4 Å². The van der Waals surface area contributed by atoms with Gasteiger partial charge in [0, 0.05) is 17.6 Å². The molecule has 30 heavy (non-hydrogen) atoms. The van der Waals surface area contributed by atoms with Gasteiger partial charge in [-0.1, -0.05) is 31.5 Å². The zero-order valence-electron chi connectivity index (χ0n) is 16.8. The minimum Gasteiger partial charge on any atom is -0.494 e. The molecule has 0 spiro atoms. The predicted octanol–water partition coefficient (Wildman–Crippen LogP) is 6.33. The van der Waals surface area contributed by atoms with E-state index in [0.29, 0.717) is 23.7 Å². The minimum atomic E-state index is -4.58. The fourth-order valence-electron chi connectivity index (χ4n) is 2.93. The number of nitrogens with one attached hydrogen (secondary N) is 2. The first-order valence-electron chi connectivity index (χ1n) is 9.69. The molecule has 0 aliphatic heterocycles. The molecular weight excluding hydrogens is 393 g/mol. The molecule has 0 saturated heterocycles. The van der Waals surface area contributed by atoms with E-state index in [2.05, 4.69) is 20.6 Å². The lowest BCUT2D eigenvalue weighted by Crippen LogP contribution is -2.13. The van der Waals surface area contributed by atoms with Gasteiger partial charge >= 0.3 is 6.18 Å². The molecule has 8 heteroatoms. The van der Waals surface area contributed by atoms with Gasteiger partial charge in [0.15, 0.2) is 0 Å². The van der Waals surface area contributed by atoms with Gasteiger partial charge in [0.25, 0.3) is 0 Å². The molecule has 0 aliphatic carbocycles. The monoisotopic (exact) mass is 416 g/mol. The van der Waals surface area contributed by atoms with E-state index >= 15 is 0 Å². The van der Waals surface area contributed by atoms with Crippen LogP contribution in [0.5, 0.6) is 5.75 Å². The maximum Gasteiger partial charge on any atom is 0.421 e. The Bertz CT molecular complexity index is 975. The number of halogens is 3. The Hall–Kier alpha value is -3.29. The van der Waals surface area contributed by atoms with Crippen molar-refractivity contribution in [2.75, 3.05) is 17.2 Å². The van der Waals surface area contributed by atoms with Crippen molar-refractivity contribution in [3.8, 4) is 5.75 Å². The molecule has 2 aromatic carbocycles. The lowest BCUT2D eigenvalue weighted by Gasteiger charge is -2.17. The van der Waals surface area contributed by atoms with Gasteiger partial charge in [-0.3, -0.25) is 0 Å². The Morgan fingerprint density at radius 1 is 0.967 bits per heavy atom. The Labute approximate surface area is 173 Å². The van der Waals surface area contributed by atoms with Gasteiger partial charge in [0.05, 0.1) is 6.61 Å². The highest BCUT2D eigenvalue weighted by molar-refractivity contribution is 5.65. The quantitative estimate of drug-likeness (QED) is 0.449. The number of aryl methyl sites for hydroxylation is 1. The molecule has 0 bridgehead atoms. The van der Waals surface area contributed by atoms with Crippen LogP contribution in [0.1, 0.15) is 31.4 Å². The number of aromatic nitrogens is 2. The van der Waals surface area contributed by atoms with Gasteiger partial charge in [-0.05, 0) is 49.2 Å². The number of ether oxygens (including phenoxy) is 1. The Morgan fingerprint density at radius 2 is 1.70 bits per heavy atom. The lowest BCUT2D eigenvalue weighted by atomic mass is 10.1. The van der Waals surface area contributed by atoms with Gasteiger partial charge < -0.3 is 15.4 Å². The van der Waals surface area contributed by atoms with Crippen LogP contribution in [-0.2, 0) is 12.6 Å². The summed E-state index contributed by atoms with van der Waals surface area (Å²) in [5, 5.41) is 5.79. The smallest absolute Gasteiger partial charge is 0.421 e. The Balaban J connectivity index is 1.91. The van der Waals surface area contributed by atoms with Crippen LogP contribution in [0.4, 0.5) is 36.3 Å². The molecule has 3 rings (SSSR count). The molecule has 0 amide bonds. The number of para-hydroxylation sites is 1. The van der Waals surface area contributed by atoms with Gasteiger partial charge in [0.2, 0.25) is 5.95 Å². The molecule has 1 aromatic heterocycles. The fraction of sp³-hybridized carbons (Fsp3) is 0.273. The van der Waals surface area contributed by atoms with Crippen LogP contribution in [0.15, 0.2) is 54.7 Å². The van der Waals surface area contributed by atoms with Gasteiger partial charge in [0.1, 0.15) is 17.1 Å². The van der Waals surface area contributed by atoms with Crippen molar-refractivity contribution < 1.29 is 17.9 Å². The zero-order chi connectivity index (χ0) is 21.6. The number of alkyl halides is 3.